The van der Waals surface area contributed by atoms with Gasteiger partial charge in [-0.05, 0) is 13.1 Å². The molecule has 1 N–H and O–H groups in total. The van der Waals surface area contributed by atoms with Crippen LogP contribution in [0.5, 0.6) is 0 Å². The third-order valence-electron chi connectivity index (χ3n) is 2.37. The Morgan fingerprint density at radius 1 is 1.27 bits per heavy atom. The monoisotopic (exact) mass is 214 g/mol. The number of hydrogen-bond donors (Lipinski definition) is 1. The van der Waals surface area contributed by atoms with Gasteiger partial charge in [0, 0.05) is 19.6 Å². The zero-order chi connectivity index (χ0) is 11.7. The molecule has 0 radical (unpaired) electrons. The van der Waals surface area contributed by atoms with Gasteiger partial charge < -0.3 is 10.0 Å². The summed E-state index contributed by atoms with van der Waals surface area (Å²) in [6.07, 6.45) is 1.74. The van der Waals surface area contributed by atoms with Crippen LogP contribution >= 0.6 is 0 Å². The summed E-state index contributed by atoms with van der Waals surface area (Å²) in [6.45, 7) is 12.3. The lowest BCUT2D eigenvalue weighted by Crippen LogP contribution is -2.37. The van der Waals surface area contributed by atoms with Crippen LogP contribution in [-0.4, -0.2) is 60.1 Å². The molecule has 0 unspecified atom stereocenters. The Bertz CT molecular complexity index is 191. The minimum Gasteiger partial charge on any atom is -0.480 e. The quantitative estimate of drug-likeness (QED) is 0.579. The number of nitrogens with zero attached hydrogens (tertiary/aromatic N) is 2. The van der Waals surface area contributed by atoms with Gasteiger partial charge in [0.2, 0.25) is 0 Å². The highest BCUT2D eigenvalue weighted by Gasteiger charge is 2.09. The Morgan fingerprint density at radius 3 is 2.20 bits per heavy atom. The number of carbonyl (C=O) groups is 1. The zero-order valence-electron chi connectivity index (χ0n) is 9.78. The van der Waals surface area contributed by atoms with Gasteiger partial charge >= 0.3 is 5.97 Å². The van der Waals surface area contributed by atoms with Gasteiger partial charge in [0.15, 0.2) is 0 Å². The fourth-order valence-electron chi connectivity index (χ4n) is 1.43. The highest BCUT2D eigenvalue weighted by atomic mass is 16.4. The molecule has 0 saturated heterocycles. The highest BCUT2D eigenvalue weighted by molar-refractivity contribution is 5.69. The van der Waals surface area contributed by atoms with Crippen LogP contribution < -0.4 is 0 Å². The Labute approximate surface area is 92.2 Å². The number of carboxylic acids is 1. The van der Waals surface area contributed by atoms with Crippen LogP contribution in [0.15, 0.2) is 12.7 Å². The molecular weight excluding hydrogens is 192 g/mol. The van der Waals surface area contributed by atoms with Crippen molar-refractivity contribution in [1.82, 2.24) is 9.80 Å². The van der Waals surface area contributed by atoms with E-state index in [-0.39, 0.29) is 6.54 Å². The summed E-state index contributed by atoms with van der Waals surface area (Å²) in [5.74, 6) is -0.781. The van der Waals surface area contributed by atoms with E-state index in [0.29, 0.717) is 6.54 Å². The smallest absolute Gasteiger partial charge is 0.317 e. The summed E-state index contributed by atoms with van der Waals surface area (Å²) in [5.41, 5.74) is 0. The predicted octanol–water partition coefficient (Wildman–Crippen LogP) is 0.901. The fraction of sp³-hybridized carbons (Fsp3) is 0.727. The van der Waals surface area contributed by atoms with Crippen LogP contribution in [0.25, 0.3) is 0 Å². The van der Waals surface area contributed by atoms with Crippen molar-refractivity contribution in [2.75, 3.05) is 39.3 Å². The average Bonchev–Trinajstić information content (AvgIpc) is 2.18. The molecule has 0 amide bonds. The first-order chi connectivity index (χ1) is 7.13. The maximum Gasteiger partial charge on any atom is 0.317 e. The summed E-state index contributed by atoms with van der Waals surface area (Å²) < 4.78 is 0. The molecule has 0 spiro atoms. The van der Waals surface area contributed by atoms with Crippen LogP contribution in [0.1, 0.15) is 13.8 Å². The van der Waals surface area contributed by atoms with Gasteiger partial charge in [-0.3, -0.25) is 9.69 Å². The normalized spacial score (nSPS) is 10.9. The Kier molecular flexibility index (Phi) is 7.95. The SMILES string of the molecule is C=CCN(CCN(CC)CC)CC(=O)O. The van der Waals surface area contributed by atoms with Crippen molar-refractivity contribution in [2.45, 2.75) is 13.8 Å². The molecule has 0 aliphatic carbocycles. The van der Waals surface area contributed by atoms with Crippen LogP contribution in [-0.2, 0) is 4.79 Å². The molecule has 0 aromatic carbocycles. The minimum atomic E-state index is -0.781. The lowest BCUT2D eigenvalue weighted by atomic mass is 10.4. The minimum absolute atomic E-state index is 0.0906. The molecule has 0 aliphatic rings. The molecule has 0 atom stereocenters. The summed E-state index contributed by atoms with van der Waals surface area (Å²) in [7, 11) is 0. The Balaban J connectivity index is 3.93. The summed E-state index contributed by atoms with van der Waals surface area (Å²) in [6, 6.07) is 0. The molecule has 0 rings (SSSR count). The molecule has 0 fully saturated rings. The number of aliphatic carboxylic acids is 1. The first kappa shape index (κ1) is 14.1. The van der Waals surface area contributed by atoms with Gasteiger partial charge in [0.05, 0.1) is 6.54 Å². The maximum atomic E-state index is 10.6. The molecule has 0 aliphatic heterocycles. The molecule has 4 nitrogen and oxygen atoms in total. The van der Waals surface area contributed by atoms with Crippen molar-refractivity contribution < 1.29 is 9.90 Å². The van der Waals surface area contributed by atoms with Gasteiger partial charge in [-0.1, -0.05) is 19.9 Å². The molecule has 15 heavy (non-hydrogen) atoms. The van der Waals surface area contributed by atoms with E-state index in [9.17, 15) is 4.79 Å². The highest BCUT2D eigenvalue weighted by Crippen LogP contribution is 1.92. The van der Waals surface area contributed by atoms with E-state index in [2.05, 4.69) is 25.3 Å². The van der Waals surface area contributed by atoms with Crippen LogP contribution in [0.3, 0.4) is 0 Å². The average molecular weight is 214 g/mol. The molecule has 0 heterocycles. The first-order valence-electron chi connectivity index (χ1n) is 5.41. The van der Waals surface area contributed by atoms with Crippen LogP contribution in [0, 0.1) is 0 Å². The van der Waals surface area contributed by atoms with E-state index >= 15 is 0 Å². The largest absolute Gasteiger partial charge is 0.480 e. The Hall–Kier alpha value is -0.870. The molecule has 0 bridgehead atoms. The van der Waals surface area contributed by atoms with Crippen LogP contribution in [0.4, 0.5) is 0 Å². The van der Waals surface area contributed by atoms with E-state index in [1.807, 2.05) is 4.90 Å². The lowest BCUT2D eigenvalue weighted by molar-refractivity contribution is -0.138. The number of carboxylic acid groups (broad SMARTS) is 1. The van der Waals surface area contributed by atoms with E-state index < -0.39 is 5.97 Å². The molecule has 4 heteroatoms. The molecule has 88 valence electrons. The van der Waals surface area contributed by atoms with Gasteiger partial charge in [-0.2, -0.15) is 0 Å². The van der Waals surface area contributed by atoms with Gasteiger partial charge in [-0.15, -0.1) is 6.58 Å². The molecule has 0 aromatic heterocycles. The van der Waals surface area contributed by atoms with Crippen molar-refractivity contribution >= 4 is 5.97 Å². The third kappa shape index (κ3) is 7.11. The molecule has 0 aromatic rings. The predicted molar refractivity (Wildman–Crippen MR) is 62.1 cm³/mol. The second kappa shape index (κ2) is 8.44. The van der Waals surface area contributed by atoms with Crippen molar-refractivity contribution in [3.8, 4) is 0 Å². The van der Waals surface area contributed by atoms with Crippen molar-refractivity contribution in [3.05, 3.63) is 12.7 Å². The lowest BCUT2D eigenvalue weighted by Gasteiger charge is -2.23. The summed E-state index contributed by atoms with van der Waals surface area (Å²) >= 11 is 0. The van der Waals surface area contributed by atoms with E-state index in [1.54, 1.807) is 6.08 Å². The summed E-state index contributed by atoms with van der Waals surface area (Å²) in [4.78, 5) is 14.7. The van der Waals surface area contributed by atoms with Gasteiger partial charge in [0.1, 0.15) is 0 Å². The second-order valence-electron chi connectivity index (χ2n) is 3.44. The van der Waals surface area contributed by atoms with E-state index in [1.165, 1.54) is 0 Å². The van der Waals surface area contributed by atoms with Crippen molar-refractivity contribution in [3.63, 3.8) is 0 Å². The Morgan fingerprint density at radius 2 is 1.80 bits per heavy atom. The van der Waals surface area contributed by atoms with Crippen molar-refractivity contribution in [2.24, 2.45) is 0 Å². The van der Waals surface area contributed by atoms with Gasteiger partial charge in [0.25, 0.3) is 0 Å². The molecule has 0 saturated carbocycles. The zero-order valence-corrected chi connectivity index (χ0v) is 9.78. The van der Waals surface area contributed by atoms with Gasteiger partial charge in [-0.25, -0.2) is 0 Å². The van der Waals surface area contributed by atoms with Crippen molar-refractivity contribution in [1.29, 1.82) is 0 Å². The second-order valence-corrected chi connectivity index (χ2v) is 3.44. The fourth-order valence-corrected chi connectivity index (χ4v) is 1.43. The molecular formula is C11H22N2O2. The number of likely N-dealkylation sites (N-methyl/N-ethyl adjacent to an activating group) is 1. The third-order valence-corrected chi connectivity index (χ3v) is 2.37. The maximum absolute atomic E-state index is 10.6. The van der Waals surface area contributed by atoms with E-state index in [4.69, 9.17) is 5.11 Å². The van der Waals surface area contributed by atoms with E-state index in [0.717, 1.165) is 26.2 Å². The topological polar surface area (TPSA) is 43.8 Å². The first-order valence-corrected chi connectivity index (χ1v) is 5.41. The standard InChI is InChI=1S/C11H22N2O2/c1-4-7-13(10-11(14)15)9-8-12(5-2)6-3/h4H,1,5-10H2,2-3H3,(H,14,15). The number of rotatable bonds is 9. The number of hydrogen-bond acceptors (Lipinski definition) is 3. The van der Waals surface area contributed by atoms with Crippen LogP contribution in [0.2, 0.25) is 0 Å². The summed E-state index contributed by atoms with van der Waals surface area (Å²) in [5, 5.41) is 8.70.